The SMILES string of the molecule is CCCCCCC(CCCCCCCCCCC(=O)NC)OS(=O)(=O)O. The summed E-state index contributed by atoms with van der Waals surface area (Å²) in [4.78, 5) is 11.1. The third-order valence-corrected chi connectivity index (χ3v) is 5.11. The van der Waals surface area contributed by atoms with E-state index in [1.807, 2.05) is 0 Å². The van der Waals surface area contributed by atoms with E-state index in [4.69, 9.17) is 8.74 Å². The zero-order valence-electron chi connectivity index (χ0n) is 16.7. The molecule has 26 heavy (non-hydrogen) atoms. The van der Waals surface area contributed by atoms with Crippen molar-refractivity contribution in [2.45, 2.75) is 109 Å². The molecule has 0 saturated heterocycles. The predicted octanol–water partition coefficient (Wildman–Crippen LogP) is 4.79. The second-order valence-corrected chi connectivity index (χ2v) is 8.08. The van der Waals surface area contributed by atoms with Gasteiger partial charge in [0.05, 0.1) is 6.10 Å². The first-order valence-corrected chi connectivity index (χ1v) is 11.6. The molecule has 0 aromatic carbocycles. The summed E-state index contributed by atoms with van der Waals surface area (Å²) >= 11 is 0. The van der Waals surface area contributed by atoms with Crippen LogP contribution in [0.25, 0.3) is 0 Å². The van der Waals surface area contributed by atoms with Gasteiger partial charge in [-0.05, 0) is 19.3 Å². The van der Waals surface area contributed by atoms with Crippen LogP contribution in [0.5, 0.6) is 0 Å². The molecular formula is C19H39NO5S. The van der Waals surface area contributed by atoms with Crippen molar-refractivity contribution in [2.75, 3.05) is 7.05 Å². The van der Waals surface area contributed by atoms with Crippen molar-refractivity contribution >= 4 is 16.3 Å². The van der Waals surface area contributed by atoms with Crippen molar-refractivity contribution in [3.63, 3.8) is 0 Å². The van der Waals surface area contributed by atoms with Crippen molar-refractivity contribution in [2.24, 2.45) is 0 Å². The van der Waals surface area contributed by atoms with E-state index in [1.165, 1.54) is 12.8 Å². The number of unbranched alkanes of at least 4 members (excludes halogenated alkanes) is 10. The maximum atomic E-state index is 11.1. The van der Waals surface area contributed by atoms with Crippen LogP contribution in [-0.2, 0) is 19.4 Å². The fourth-order valence-corrected chi connectivity index (χ4v) is 3.59. The molecule has 1 unspecified atom stereocenters. The number of hydrogen-bond acceptors (Lipinski definition) is 4. The van der Waals surface area contributed by atoms with E-state index in [1.54, 1.807) is 7.05 Å². The summed E-state index contributed by atoms with van der Waals surface area (Å²) in [7, 11) is -2.70. The molecule has 2 N–H and O–H groups in total. The molecule has 6 nitrogen and oxygen atoms in total. The van der Waals surface area contributed by atoms with Crippen molar-refractivity contribution in [1.82, 2.24) is 5.32 Å². The molecule has 1 atom stereocenters. The Labute approximate surface area is 160 Å². The van der Waals surface area contributed by atoms with E-state index in [-0.39, 0.29) is 5.91 Å². The minimum absolute atomic E-state index is 0.112. The molecule has 0 aromatic rings. The molecule has 0 saturated carbocycles. The van der Waals surface area contributed by atoms with Gasteiger partial charge in [-0.15, -0.1) is 0 Å². The second-order valence-electron chi connectivity index (χ2n) is 7.04. The molecule has 0 aliphatic heterocycles. The van der Waals surface area contributed by atoms with Crippen LogP contribution in [0.15, 0.2) is 0 Å². The van der Waals surface area contributed by atoms with Crippen LogP contribution in [0.1, 0.15) is 103 Å². The molecule has 0 bridgehead atoms. The minimum Gasteiger partial charge on any atom is -0.359 e. The quantitative estimate of drug-likeness (QED) is 0.258. The van der Waals surface area contributed by atoms with Crippen LogP contribution >= 0.6 is 0 Å². The molecule has 0 fully saturated rings. The zero-order chi connectivity index (χ0) is 19.7. The number of hydrogen-bond donors (Lipinski definition) is 2. The molecule has 0 heterocycles. The van der Waals surface area contributed by atoms with E-state index >= 15 is 0 Å². The molecule has 0 rings (SSSR count). The maximum absolute atomic E-state index is 11.1. The van der Waals surface area contributed by atoms with Crippen LogP contribution in [0.2, 0.25) is 0 Å². The number of amides is 1. The summed E-state index contributed by atoms with van der Waals surface area (Å²) in [5.41, 5.74) is 0. The molecule has 0 spiro atoms. The molecule has 0 aromatic heterocycles. The Morgan fingerprint density at radius 2 is 1.35 bits per heavy atom. The van der Waals surface area contributed by atoms with Gasteiger partial charge in [-0.25, -0.2) is 4.18 Å². The van der Waals surface area contributed by atoms with Gasteiger partial charge in [-0.2, -0.15) is 8.42 Å². The highest BCUT2D eigenvalue weighted by molar-refractivity contribution is 7.80. The smallest absolute Gasteiger partial charge is 0.359 e. The Morgan fingerprint density at radius 1 is 0.885 bits per heavy atom. The number of nitrogens with one attached hydrogen (secondary N) is 1. The van der Waals surface area contributed by atoms with Gasteiger partial charge in [0, 0.05) is 13.5 Å². The lowest BCUT2D eigenvalue weighted by molar-refractivity contribution is -0.120. The average molecular weight is 394 g/mol. The van der Waals surface area contributed by atoms with Gasteiger partial charge in [0.2, 0.25) is 5.91 Å². The van der Waals surface area contributed by atoms with Crippen LogP contribution in [0, 0.1) is 0 Å². The number of carbonyl (C=O) groups is 1. The second kappa shape index (κ2) is 16.5. The lowest BCUT2D eigenvalue weighted by Crippen LogP contribution is -2.18. The Balaban J connectivity index is 3.69. The van der Waals surface area contributed by atoms with E-state index < -0.39 is 16.5 Å². The van der Waals surface area contributed by atoms with Gasteiger partial charge in [0.15, 0.2) is 0 Å². The number of carbonyl (C=O) groups excluding carboxylic acids is 1. The largest absolute Gasteiger partial charge is 0.397 e. The predicted molar refractivity (Wildman–Crippen MR) is 105 cm³/mol. The molecule has 156 valence electrons. The fourth-order valence-electron chi connectivity index (χ4n) is 3.05. The van der Waals surface area contributed by atoms with Gasteiger partial charge < -0.3 is 5.32 Å². The lowest BCUT2D eigenvalue weighted by Gasteiger charge is -2.15. The van der Waals surface area contributed by atoms with Crippen LogP contribution in [0.3, 0.4) is 0 Å². The van der Waals surface area contributed by atoms with E-state index in [0.29, 0.717) is 19.3 Å². The first-order chi connectivity index (χ1) is 12.4. The molecule has 0 radical (unpaired) electrons. The standard InChI is InChI=1S/C19H39NO5S/c1-3-4-5-12-15-18(25-26(22,23)24)16-13-10-8-6-7-9-11-14-17-19(21)20-2/h18H,3-17H2,1-2H3,(H,20,21)(H,22,23,24). The summed E-state index contributed by atoms with van der Waals surface area (Å²) in [6, 6.07) is 0. The Bertz CT molecular complexity index is 439. The Kier molecular flexibility index (Phi) is 16.1. The van der Waals surface area contributed by atoms with E-state index in [0.717, 1.165) is 64.2 Å². The Hall–Kier alpha value is -0.660. The van der Waals surface area contributed by atoms with Gasteiger partial charge in [0.1, 0.15) is 0 Å². The molecule has 0 aliphatic rings. The lowest BCUT2D eigenvalue weighted by atomic mass is 10.0. The van der Waals surface area contributed by atoms with E-state index in [2.05, 4.69) is 12.2 Å². The van der Waals surface area contributed by atoms with E-state index in [9.17, 15) is 13.2 Å². The van der Waals surface area contributed by atoms with Crippen molar-refractivity contribution in [3.05, 3.63) is 0 Å². The van der Waals surface area contributed by atoms with Crippen LogP contribution in [0.4, 0.5) is 0 Å². The highest BCUT2D eigenvalue weighted by Gasteiger charge is 2.16. The summed E-state index contributed by atoms with van der Waals surface area (Å²) in [6.45, 7) is 2.13. The first kappa shape index (κ1) is 25.3. The minimum atomic E-state index is -4.36. The molecular weight excluding hydrogens is 354 g/mol. The third-order valence-electron chi connectivity index (χ3n) is 4.60. The number of rotatable bonds is 18. The third kappa shape index (κ3) is 18.1. The highest BCUT2D eigenvalue weighted by Crippen LogP contribution is 2.18. The zero-order valence-corrected chi connectivity index (χ0v) is 17.5. The molecule has 0 aliphatic carbocycles. The maximum Gasteiger partial charge on any atom is 0.397 e. The van der Waals surface area contributed by atoms with Gasteiger partial charge in [0.25, 0.3) is 0 Å². The summed E-state index contributed by atoms with van der Waals surface area (Å²) in [5, 5.41) is 2.63. The van der Waals surface area contributed by atoms with Gasteiger partial charge >= 0.3 is 10.4 Å². The van der Waals surface area contributed by atoms with Crippen molar-refractivity contribution in [3.8, 4) is 0 Å². The topological polar surface area (TPSA) is 92.7 Å². The van der Waals surface area contributed by atoms with Crippen molar-refractivity contribution < 1.29 is 21.9 Å². The summed E-state index contributed by atoms with van der Waals surface area (Å²) in [6.07, 6.45) is 14.5. The molecule has 7 heteroatoms. The van der Waals surface area contributed by atoms with Gasteiger partial charge in [-0.1, -0.05) is 77.6 Å². The monoisotopic (exact) mass is 393 g/mol. The summed E-state index contributed by atoms with van der Waals surface area (Å²) < 4.78 is 35.6. The van der Waals surface area contributed by atoms with Gasteiger partial charge in [-0.3, -0.25) is 9.35 Å². The van der Waals surface area contributed by atoms with Crippen LogP contribution in [-0.4, -0.2) is 32.0 Å². The van der Waals surface area contributed by atoms with Crippen LogP contribution < -0.4 is 5.32 Å². The average Bonchev–Trinajstić information content (AvgIpc) is 2.58. The normalized spacial score (nSPS) is 12.9. The molecule has 1 amide bonds. The Morgan fingerprint density at radius 3 is 1.81 bits per heavy atom. The van der Waals surface area contributed by atoms with Crippen molar-refractivity contribution in [1.29, 1.82) is 0 Å². The fraction of sp³-hybridized carbons (Fsp3) is 0.947. The first-order valence-electron chi connectivity index (χ1n) is 10.2. The highest BCUT2D eigenvalue weighted by atomic mass is 32.3. The summed E-state index contributed by atoms with van der Waals surface area (Å²) in [5.74, 6) is 0.112.